The summed E-state index contributed by atoms with van der Waals surface area (Å²) in [6.07, 6.45) is 12.0. The van der Waals surface area contributed by atoms with Crippen molar-refractivity contribution in [2.75, 3.05) is 13.7 Å². The molecule has 5 heterocycles. The van der Waals surface area contributed by atoms with E-state index in [9.17, 15) is 14.7 Å². The molecule has 10 heteroatoms. The molecule has 1 fully saturated rings. The van der Waals surface area contributed by atoms with Gasteiger partial charge in [0.05, 0.1) is 19.8 Å². The Bertz CT molecular complexity index is 1980. The topological polar surface area (TPSA) is 129 Å². The first-order chi connectivity index (χ1) is 25.8. The first kappa shape index (κ1) is 42.9. The molecular weight excluding hydrogens is 701 g/mol. The standard InChI is InChI=1S/C45H60N4O5.Mg/c1-11-29-25(6)32-20-34-27(8)31(16-17-38(50)54-19-18-24(5)15-13-14-23(3)4)42(48-34)40-41(45(52)53-10)44(51)39-28(9)35(49-43(39)40)22-37-30(12-2)26(7)33(47-37)21-36(29)46-32;/h20-25,29,31,41-42,44,51H,11-19H2,1-10H3;/q-4;+2/b32-20-,35-22-,36-21-;/t24?,25?,29-,31-,41-,42?,44+;/m1./s1. The molecule has 2 aromatic rings. The van der Waals surface area contributed by atoms with E-state index in [1.807, 2.05) is 13.0 Å². The van der Waals surface area contributed by atoms with Gasteiger partial charge in [0, 0.05) is 6.42 Å². The van der Waals surface area contributed by atoms with E-state index in [0.717, 1.165) is 76.4 Å². The summed E-state index contributed by atoms with van der Waals surface area (Å²) in [7, 11) is 1.35. The van der Waals surface area contributed by atoms with Crippen LogP contribution < -0.4 is 20.7 Å². The average Bonchev–Trinajstić information content (AvgIpc) is 3.87. The van der Waals surface area contributed by atoms with Gasteiger partial charge in [-0.25, -0.2) is 0 Å². The summed E-state index contributed by atoms with van der Waals surface area (Å²) in [5, 5.41) is 23.8. The van der Waals surface area contributed by atoms with Crippen LogP contribution in [0.4, 0.5) is 0 Å². The van der Waals surface area contributed by atoms with Crippen molar-refractivity contribution in [2.24, 2.45) is 35.5 Å². The van der Waals surface area contributed by atoms with E-state index in [1.54, 1.807) is 0 Å². The van der Waals surface area contributed by atoms with Crippen LogP contribution in [0.3, 0.4) is 0 Å². The van der Waals surface area contributed by atoms with Gasteiger partial charge in [-0.1, -0.05) is 119 Å². The maximum atomic E-state index is 13.6. The van der Waals surface area contributed by atoms with E-state index < -0.39 is 24.0 Å². The minimum atomic E-state index is -1.14. The van der Waals surface area contributed by atoms with Gasteiger partial charge in [-0.2, -0.15) is 11.4 Å². The van der Waals surface area contributed by atoms with E-state index >= 15 is 0 Å². The Morgan fingerprint density at radius 3 is 2.35 bits per heavy atom. The van der Waals surface area contributed by atoms with Crippen molar-refractivity contribution in [3.05, 3.63) is 83.7 Å². The quantitative estimate of drug-likeness (QED) is 0.167. The number of nitrogens with zero attached hydrogens (tertiary/aromatic N) is 4. The molecule has 2 aromatic heterocycles. The van der Waals surface area contributed by atoms with Gasteiger partial charge in [0.2, 0.25) is 0 Å². The fourth-order valence-electron chi connectivity index (χ4n) is 9.22. The molecule has 55 heavy (non-hydrogen) atoms. The van der Waals surface area contributed by atoms with Gasteiger partial charge in [-0.05, 0) is 75.2 Å². The minimum absolute atomic E-state index is 0. The van der Waals surface area contributed by atoms with Crippen LogP contribution in [0.15, 0.2) is 28.7 Å². The number of fused-ring (bicyclic) bond motifs is 8. The molecule has 0 aromatic carbocycles. The zero-order valence-electron chi connectivity index (χ0n) is 34.8. The molecule has 1 aliphatic carbocycles. The molecule has 0 amide bonds. The number of carbonyl (C=O) groups excluding carboxylic acids is 2. The number of hydrogen-bond donors (Lipinski definition) is 1. The summed E-state index contributed by atoms with van der Waals surface area (Å²) >= 11 is 0. The molecule has 1 saturated heterocycles. The first-order valence-electron chi connectivity index (χ1n) is 20.3. The fraction of sp³-hybridized carbons (Fsp3) is 0.600. The molecule has 6 rings (SSSR count). The van der Waals surface area contributed by atoms with Crippen molar-refractivity contribution >= 4 is 52.7 Å². The largest absolute Gasteiger partial charge is 2.00 e. The number of aromatic nitrogens is 2. The van der Waals surface area contributed by atoms with Crippen LogP contribution in [0.25, 0.3) is 28.4 Å². The van der Waals surface area contributed by atoms with Crippen molar-refractivity contribution in [1.82, 2.24) is 9.97 Å². The van der Waals surface area contributed by atoms with Gasteiger partial charge < -0.3 is 35.2 Å². The molecule has 7 atom stereocenters. The van der Waals surface area contributed by atoms with E-state index in [-0.39, 0.29) is 53.2 Å². The number of aliphatic hydroxyl groups excluding tert-OH is 1. The zero-order valence-corrected chi connectivity index (χ0v) is 36.2. The molecular formula is C45H60MgN4O5-2. The monoisotopic (exact) mass is 760 g/mol. The molecule has 9 nitrogen and oxygen atoms in total. The summed E-state index contributed by atoms with van der Waals surface area (Å²) < 4.78 is 11.1. The third kappa shape index (κ3) is 8.42. The Kier molecular flexibility index (Phi) is 14.0. The molecule has 294 valence electrons. The van der Waals surface area contributed by atoms with Gasteiger partial charge in [-0.15, -0.1) is 27.8 Å². The third-order valence-corrected chi connectivity index (χ3v) is 12.6. The average molecular weight is 761 g/mol. The van der Waals surface area contributed by atoms with Crippen molar-refractivity contribution in [3.63, 3.8) is 0 Å². The van der Waals surface area contributed by atoms with Crippen LogP contribution in [0, 0.1) is 49.4 Å². The Morgan fingerprint density at radius 2 is 1.67 bits per heavy atom. The van der Waals surface area contributed by atoms with Gasteiger partial charge in [0.25, 0.3) is 0 Å². The molecule has 3 aliphatic heterocycles. The molecule has 0 spiro atoms. The Hall–Kier alpha value is -3.21. The normalized spacial score (nSPS) is 27.0. The van der Waals surface area contributed by atoms with Crippen LogP contribution in [0.2, 0.25) is 0 Å². The second-order valence-corrected chi connectivity index (χ2v) is 16.5. The number of ether oxygens (including phenoxy) is 2. The third-order valence-electron chi connectivity index (χ3n) is 12.6. The molecule has 4 aliphatic rings. The van der Waals surface area contributed by atoms with Crippen LogP contribution in [-0.4, -0.2) is 59.9 Å². The number of esters is 2. The van der Waals surface area contributed by atoms with Crippen molar-refractivity contribution in [3.8, 4) is 0 Å². The summed E-state index contributed by atoms with van der Waals surface area (Å²) in [5.41, 5.74) is 9.96. The van der Waals surface area contributed by atoms with Crippen LogP contribution in [-0.2, 0) is 25.5 Å². The maximum absolute atomic E-state index is 13.6. The smallest absolute Gasteiger partial charge is 0.678 e. The second-order valence-electron chi connectivity index (χ2n) is 16.5. The van der Waals surface area contributed by atoms with Gasteiger partial charge in [0.1, 0.15) is 5.92 Å². The summed E-state index contributed by atoms with van der Waals surface area (Å²) in [4.78, 5) is 37.1. The molecule has 8 bridgehead atoms. The van der Waals surface area contributed by atoms with Crippen LogP contribution >= 0.6 is 0 Å². The zero-order chi connectivity index (χ0) is 39.0. The van der Waals surface area contributed by atoms with Gasteiger partial charge >= 0.3 is 35.0 Å². The van der Waals surface area contributed by atoms with Crippen molar-refractivity contribution in [2.45, 2.75) is 126 Å². The number of allylic oxidation sites excluding steroid dienone is 3. The van der Waals surface area contributed by atoms with Crippen LogP contribution in [0.1, 0.15) is 133 Å². The van der Waals surface area contributed by atoms with Gasteiger partial charge in [-0.3, -0.25) is 9.59 Å². The minimum Gasteiger partial charge on any atom is -0.678 e. The van der Waals surface area contributed by atoms with E-state index in [0.29, 0.717) is 46.7 Å². The summed E-state index contributed by atoms with van der Waals surface area (Å²) in [6, 6.07) is -0.536. The molecule has 3 unspecified atom stereocenters. The van der Waals surface area contributed by atoms with Crippen molar-refractivity contribution in [1.29, 1.82) is 0 Å². The van der Waals surface area contributed by atoms with E-state index in [2.05, 4.69) is 67.5 Å². The number of methoxy groups -OCH3 is 1. The number of aliphatic hydroxyl groups is 1. The fourth-order valence-corrected chi connectivity index (χ4v) is 9.22. The van der Waals surface area contributed by atoms with E-state index in [4.69, 9.17) is 30.1 Å². The predicted octanol–water partition coefficient (Wildman–Crippen LogP) is 7.33. The van der Waals surface area contributed by atoms with E-state index in [1.165, 1.54) is 20.0 Å². The maximum Gasteiger partial charge on any atom is 2.00 e. The Morgan fingerprint density at radius 1 is 0.927 bits per heavy atom. The second kappa shape index (κ2) is 17.9. The molecule has 0 saturated carbocycles. The molecule has 1 N–H and O–H groups in total. The SMILES string of the molecule is CCc1c2[n-]c(c1C)/C=C1\[N-]/C(=C\C3=C(C)[C@@H](CCC(=O)OCCC(C)CCCC(C)C)C([N-]3)C3=c4[n-]/c(c(C)c4[C@H](O)[C@@H]3C(=O)OC)=C\2)C(C)[C@H]1CC.[Mg+2]. The molecule has 0 radical (unpaired) electrons. The summed E-state index contributed by atoms with van der Waals surface area (Å²) in [5.74, 6) is -0.356. The predicted molar refractivity (Wildman–Crippen MR) is 219 cm³/mol. The van der Waals surface area contributed by atoms with Gasteiger partial charge in [0.15, 0.2) is 0 Å². The number of carbonyl (C=O) groups is 2. The summed E-state index contributed by atoms with van der Waals surface area (Å²) in [6.45, 7) is 19.8. The Labute approximate surface area is 344 Å². The van der Waals surface area contributed by atoms with Crippen molar-refractivity contribution < 1.29 is 24.2 Å². The number of rotatable bonds is 13. The Balaban J connectivity index is 0.00000580. The van der Waals surface area contributed by atoms with Crippen LogP contribution in [0.5, 0.6) is 0 Å². The first-order valence-corrected chi connectivity index (χ1v) is 20.3. The number of hydrogen-bond acceptors (Lipinski definition) is 5.